The fraction of sp³-hybridized carbons (Fsp3) is 0.909. The lowest BCUT2D eigenvalue weighted by atomic mass is 9.97. The van der Waals surface area contributed by atoms with Crippen molar-refractivity contribution in [2.75, 3.05) is 6.54 Å². The molecule has 0 aromatic rings. The maximum Gasteiger partial charge on any atom is 0.225 e. The molecule has 14 heavy (non-hydrogen) atoms. The molecule has 0 bridgehead atoms. The van der Waals surface area contributed by atoms with E-state index >= 15 is 0 Å². The van der Waals surface area contributed by atoms with Crippen molar-refractivity contribution in [2.45, 2.75) is 45.3 Å². The van der Waals surface area contributed by atoms with Crippen molar-refractivity contribution in [1.29, 1.82) is 0 Å². The van der Waals surface area contributed by atoms with Gasteiger partial charge in [-0.25, -0.2) is 0 Å². The van der Waals surface area contributed by atoms with Crippen molar-refractivity contribution in [3.63, 3.8) is 0 Å². The van der Waals surface area contributed by atoms with Crippen molar-refractivity contribution in [1.82, 2.24) is 4.90 Å². The molecule has 1 aliphatic heterocycles. The summed E-state index contributed by atoms with van der Waals surface area (Å²) in [4.78, 5) is 13.5. The van der Waals surface area contributed by atoms with E-state index in [0.717, 1.165) is 6.42 Å². The molecular formula is C11H19NO2. The smallest absolute Gasteiger partial charge is 0.225 e. The van der Waals surface area contributed by atoms with Crippen LogP contribution in [0.25, 0.3) is 0 Å². The summed E-state index contributed by atoms with van der Waals surface area (Å²) >= 11 is 0. The van der Waals surface area contributed by atoms with E-state index < -0.39 is 6.10 Å². The first-order valence-electron chi connectivity index (χ1n) is 5.57. The number of β-amino-alcohol motifs (C(OH)–C–C–N with tert-alkyl or cyclic N) is 1. The summed E-state index contributed by atoms with van der Waals surface area (Å²) in [6, 6.07) is 0.384. The van der Waals surface area contributed by atoms with Crippen LogP contribution in [-0.4, -0.2) is 34.6 Å². The molecule has 2 fully saturated rings. The number of carbonyl (C=O) groups is 1. The largest absolute Gasteiger partial charge is 0.391 e. The molecule has 0 spiro atoms. The molecule has 1 saturated heterocycles. The van der Waals surface area contributed by atoms with E-state index in [0.29, 0.717) is 30.8 Å². The van der Waals surface area contributed by atoms with E-state index in [9.17, 15) is 9.90 Å². The molecule has 0 aromatic heterocycles. The number of aliphatic hydroxyl groups excluding tert-OH is 1. The number of carbonyl (C=O) groups excluding carboxylic acids is 1. The summed E-state index contributed by atoms with van der Waals surface area (Å²) in [5.74, 6) is 1.44. The predicted molar refractivity (Wildman–Crippen MR) is 53.7 cm³/mol. The Labute approximate surface area is 85.1 Å². The lowest BCUT2D eigenvalue weighted by Gasteiger charge is -2.28. The van der Waals surface area contributed by atoms with Gasteiger partial charge in [-0.2, -0.15) is 0 Å². The number of aliphatic hydroxyl groups is 1. The highest BCUT2D eigenvalue weighted by molar-refractivity contribution is 5.79. The number of rotatable bonds is 1. The molecule has 4 atom stereocenters. The quantitative estimate of drug-likeness (QED) is 0.681. The van der Waals surface area contributed by atoms with Crippen LogP contribution in [0.1, 0.15) is 33.1 Å². The van der Waals surface area contributed by atoms with Gasteiger partial charge in [0.15, 0.2) is 0 Å². The Balaban J connectivity index is 2.05. The zero-order valence-electron chi connectivity index (χ0n) is 8.94. The summed E-state index contributed by atoms with van der Waals surface area (Å²) < 4.78 is 0. The first kappa shape index (κ1) is 9.97. The highest BCUT2D eigenvalue weighted by Gasteiger charge is 2.40. The molecule has 0 aromatic carbocycles. The van der Waals surface area contributed by atoms with Crippen LogP contribution in [-0.2, 0) is 4.79 Å². The maximum absolute atomic E-state index is 11.6. The van der Waals surface area contributed by atoms with Crippen LogP contribution < -0.4 is 0 Å². The Bertz CT molecular complexity index is 241. The van der Waals surface area contributed by atoms with Gasteiger partial charge in [0, 0.05) is 12.6 Å². The van der Waals surface area contributed by atoms with Gasteiger partial charge in [0.05, 0.1) is 12.5 Å². The third-order valence-corrected chi connectivity index (χ3v) is 3.96. The summed E-state index contributed by atoms with van der Waals surface area (Å²) in [6.45, 7) is 5.03. The van der Waals surface area contributed by atoms with E-state index in [1.54, 1.807) is 0 Å². The molecule has 3 heteroatoms. The molecule has 2 rings (SSSR count). The van der Waals surface area contributed by atoms with Crippen LogP contribution in [0.4, 0.5) is 0 Å². The van der Waals surface area contributed by atoms with E-state index in [4.69, 9.17) is 0 Å². The second kappa shape index (κ2) is 3.54. The molecule has 1 amide bonds. The molecule has 1 aliphatic carbocycles. The molecule has 80 valence electrons. The molecule has 1 saturated carbocycles. The third kappa shape index (κ3) is 1.54. The lowest BCUT2D eigenvalue weighted by Crippen LogP contribution is -2.39. The van der Waals surface area contributed by atoms with E-state index in [1.165, 1.54) is 6.42 Å². The standard InChI is InChI=1S/C11H19NO2/c1-7-3-4-10(8(7)2)12-6-9(13)5-11(12)14/h7-10,13H,3-6H2,1-2H3. The van der Waals surface area contributed by atoms with Crippen LogP contribution in [0.5, 0.6) is 0 Å². The number of hydrogen-bond donors (Lipinski definition) is 1. The Hall–Kier alpha value is -0.570. The average Bonchev–Trinajstić information content (AvgIpc) is 2.59. The number of nitrogens with zero attached hydrogens (tertiary/aromatic N) is 1. The molecule has 0 radical (unpaired) electrons. The minimum Gasteiger partial charge on any atom is -0.391 e. The van der Waals surface area contributed by atoms with Crippen LogP contribution in [0.3, 0.4) is 0 Å². The number of hydrogen-bond acceptors (Lipinski definition) is 2. The van der Waals surface area contributed by atoms with Crippen LogP contribution in [0, 0.1) is 11.8 Å². The van der Waals surface area contributed by atoms with Crippen molar-refractivity contribution in [3.05, 3.63) is 0 Å². The zero-order chi connectivity index (χ0) is 10.3. The monoisotopic (exact) mass is 197 g/mol. The first-order chi connectivity index (χ1) is 6.59. The highest BCUT2D eigenvalue weighted by Crippen LogP contribution is 2.36. The molecule has 4 unspecified atom stereocenters. The van der Waals surface area contributed by atoms with Crippen LogP contribution in [0.15, 0.2) is 0 Å². The maximum atomic E-state index is 11.6. The van der Waals surface area contributed by atoms with Gasteiger partial charge in [0.25, 0.3) is 0 Å². The van der Waals surface area contributed by atoms with Gasteiger partial charge in [-0.1, -0.05) is 13.8 Å². The summed E-state index contributed by atoms with van der Waals surface area (Å²) in [6.07, 6.45) is 2.23. The van der Waals surface area contributed by atoms with Gasteiger partial charge in [0.2, 0.25) is 5.91 Å². The van der Waals surface area contributed by atoms with Gasteiger partial charge in [-0.3, -0.25) is 4.79 Å². The van der Waals surface area contributed by atoms with E-state index in [2.05, 4.69) is 13.8 Å². The van der Waals surface area contributed by atoms with Gasteiger partial charge < -0.3 is 10.0 Å². The Morgan fingerprint density at radius 3 is 2.50 bits per heavy atom. The van der Waals surface area contributed by atoms with Crippen LogP contribution in [0.2, 0.25) is 0 Å². The van der Waals surface area contributed by atoms with E-state index in [-0.39, 0.29) is 5.91 Å². The van der Waals surface area contributed by atoms with Crippen molar-refractivity contribution < 1.29 is 9.90 Å². The predicted octanol–water partition coefficient (Wildman–Crippen LogP) is 1.01. The van der Waals surface area contributed by atoms with Crippen LogP contribution >= 0.6 is 0 Å². The summed E-state index contributed by atoms with van der Waals surface area (Å²) in [5, 5.41) is 9.42. The van der Waals surface area contributed by atoms with Crippen molar-refractivity contribution in [3.8, 4) is 0 Å². The van der Waals surface area contributed by atoms with Gasteiger partial charge in [0.1, 0.15) is 0 Å². The zero-order valence-corrected chi connectivity index (χ0v) is 8.94. The highest BCUT2D eigenvalue weighted by atomic mass is 16.3. The van der Waals surface area contributed by atoms with Gasteiger partial charge in [-0.05, 0) is 24.7 Å². The molecule has 1 heterocycles. The number of likely N-dealkylation sites (tertiary alicyclic amines) is 1. The van der Waals surface area contributed by atoms with Crippen molar-refractivity contribution >= 4 is 5.91 Å². The second-order valence-corrected chi connectivity index (χ2v) is 4.89. The minimum atomic E-state index is -0.425. The summed E-state index contributed by atoms with van der Waals surface area (Å²) in [5.41, 5.74) is 0. The number of amides is 1. The summed E-state index contributed by atoms with van der Waals surface area (Å²) in [7, 11) is 0. The minimum absolute atomic E-state index is 0.142. The average molecular weight is 197 g/mol. The van der Waals surface area contributed by atoms with Gasteiger partial charge in [-0.15, -0.1) is 0 Å². The Morgan fingerprint density at radius 1 is 1.36 bits per heavy atom. The van der Waals surface area contributed by atoms with Crippen molar-refractivity contribution in [2.24, 2.45) is 11.8 Å². The third-order valence-electron chi connectivity index (χ3n) is 3.96. The molecule has 1 N–H and O–H groups in total. The lowest BCUT2D eigenvalue weighted by molar-refractivity contribution is -0.130. The fourth-order valence-corrected chi connectivity index (χ4v) is 2.81. The Kier molecular flexibility index (Phi) is 2.52. The molecular weight excluding hydrogens is 178 g/mol. The topological polar surface area (TPSA) is 40.5 Å². The van der Waals surface area contributed by atoms with E-state index in [1.807, 2.05) is 4.90 Å². The Morgan fingerprint density at radius 2 is 2.07 bits per heavy atom. The van der Waals surface area contributed by atoms with Gasteiger partial charge >= 0.3 is 0 Å². The first-order valence-corrected chi connectivity index (χ1v) is 5.57. The fourth-order valence-electron chi connectivity index (χ4n) is 2.81. The molecule has 2 aliphatic rings. The SMILES string of the molecule is CC1CCC(N2CC(O)CC2=O)C1C. The normalized spacial score (nSPS) is 43.6. The second-order valence-electron chi connectivity index (χ2n) is 4.89. The molecule has 3 nitrogen and oxygen atoms in total.